The maximum Gasteiger partial charge on any atom is 0.320 e. The van der Waals surface area contributed by atoms with E-state index in [1.54, 1.807) is 11.3 Å². The smallest absolute Gasteiger partial charge is 0.320 e. The van der Waals surface area contributed by atoms with E-state index in [0.717, 1.165) is 0 Å². The average molecular weight is 227 g/mol. The van der Waals surface area contributed by atoms with Crippen molar-refractivity contribution in [1.29, 1.82) is 0 Å². The van der Waals surface area contributed by atoms with Gasteiger partial charge in [0.15, 0.2) is 0 Å². The van der Waals surface area contributed by atoms with Crippen LogP contribution in [0.1, 0.15) is 31.7 Å². The number of carboxylic acids is 1. The van der Waals surface area contributed by atoms with Crippen LogP contribution in [0.4, 0.5) is 0 Å². The molecular formula is C11H17NO2S. The fourth-order valence-electron chi connectivity index (χ4n) is 1.44. The van der Waals surface area contributed by atoms with Gasteiger partial charge in [0, 0.05) is 10.9 Å². The zero-order valence-electron chi connectivity index (χ0n) is 9.23. The molecule has 2 atom stereocenters. The van der Waals surface area contributed by atoms with E-state index in [0.29, 0.717) is 0 Å². The summed E-state index contributed by atoms with van der Waals surface area (Å²) < 4.78 is 0. The first-order valence-corrected chi connectivity index (χ1v) is 5.92. The molecule has 3 nitrogen and oxygen atoms in total. The normalized spacial score (nSPS) is 15.2. The summed E-state index contributed by atoms with van der Waals surface area (Å²) in [7, 11) is 0. The van der Waals surface area contributed by atoms with Gasteiger partial charge in [-0.25, -0.2) is 0 Å². The summed E-state index contributed by atoms with van der Waals surface area (Å²) in [5, 5.41) is 14.2. The molecule has 0 saturated carbocycles. The molecule has 0 aliphatic carbocycles. The predicted octanol–water partition coefficient (Wildman–Crippen LogP) is 2.51. The van der Waals surface area contributed by atoms with E-state index in [-0.39, 0.29) is 12.0 Å². The maximum atomic E-state index is 11.0. The lowest BCUT2D eigenvalue weighted by Crippen LogP contribution is -2.41. The molecule has 0 radical (unpaired) electrons. The minimum absolute atomic E-state index is 0.0879. The number of nitrogens with one attached hydrogen (secondary N) is 1. The van der Waals surface area contributed by atoms with Crippen LogP contribution in [0, 0.1) is 5.92 Å². The van der Waals surface area contributed by atoms with Crippen molar-refractivity contribution in [2.24, 2.45) is 5.92 Å². The van der Waals surface area contributed by atoms with E-state index in [1.165, 1.54) is 4.88 Å². The van der Waals surface area contributed by atoms with E-state index in [1.807, 2.05) is 38.3 Å². The second kappa shape index (κ2) is 5.28. The van der Waals surface area contributed by atoms with Crippen molar-refractivity contribution in [3.63, 3.8) is 0 Å². The quantitative estimate of drug-likeness (QED) is 0.812. The van der Waals surface area contributed by atoms with Gasteiger partial charge in [0.25, 0.3) is 0 Å². The van der Waals surface area contributed by atoms with Crippen LogP contribution in [-0.2, 0) is 4.79 Å². The summed E-state index contributed by atoms with van der Waals surface area (Å²) in [6, 6.07) is 3.60. The van der Waals surface area contributed by atoms with Gasteiger partial charge in [0.1, 0.15) is 6.04 Å². The van der Waals surface area contributed by atoms with Crippen LogP contribution in [0.25, 0.3) is 0 Å². The summed E-state index contributed by atoms with van der Waals surface area (Å²) in [6.07, 6.45) is 0. The Hall–Kier alpha value is -0.870. The van der Waals surface area contributed by atoms with Crippen LogP contribution < -0.4 is 5.32 Å². The maximum absolute atomic E-state index is 11.0. The Labute approximate surface area is 94.1 Å². The lowest BCUT2D eigenvalue weighted by Gasteiger charge is -2.22. The largest absolute Gasteiger partial charge is 0.480 e. The molecule has 0 saturated heterocycles. The fraction of sp³-hybridized carbons (Fsp3) is 0.545. The molecule has 0 spiro atoms. The van der Waals surface area contributed by atoms with Crippen molar-refractivity contribution in [3.05, 3.63) is 22.4 Å². The molecule has 84 valence electrons. The van der Waals surface area contributed by atoms with Crippen molar-refractivity contribution in [3.8, 4) is 0 Å². The molecule has 0 bridgehead atoms. The van der Waals surface area contributed by atoms with Gasteiger partial charge in [-0.2, -0.15) is 0 Å². The van der Waals surface area contributed by atoms with E-state index < -0.39 is 12.0 Å². The minimum Gasteiger partial charge on any atom is -0.480 e. The van der Waals surface area contributed by atoms with Crippen LogP contribution in [0.2, 0.25) is 0 Å². The Kier molecular flexibility index (Phi) is 4.29. The third-order valence-electron chi connectivity index (χ3n) is 2.33. The predicted molar refractivity (Wildman–Crippen MR) is 62.1 cm³/mol. The van der Waals surface area contributed by atoms with Crippen LogP contribution >= 0.6 is 11.3 Å². The second-order valence-corrected chi connectivity index (χ2v) is 4.94. The molecule has 1 heterocycles. The molecule has 15 heavy (non-hydrogen) atoms. The first-order chi connectivity index (χ1) is 7.02. The minimum atomic E-state index is -0.784. The highest BCUT2D eigenvalue weighted by molar-refractivity contribution is 7.10. The fourth-order valence-corrected chi connectivity index (χ4v) is 2.18. The molecule has 1 unspecified atom stereocenters. The number of carbonyl (C=O) groups is 1. The standard InChI is InChI=1S/C11H17NO2S/c1-7(2)10(11(13)14)12-8(3)9-5-4-6-15-9/h4-8,10,12H,1-3H3,(H,13,14)/t8-,10?/m0/s1. The van der Waals surface area contributed by atoms with Crippen molar-refractivity contribution >= 4 is 17.3 Å². The van der Waals surface area contributed by atoms with Gasteiger partial charge in [0.2, 0.25) is 0 Å². The third-order valence-corrected chi connectivity index (χ3v) is 3.39. The van der Waals surface area contributed by atoms with Gasteiger partial charge in [-0.15, -0.1) is 11.3 Å². The van der Waals surface area contributed by atoms with E-state index in [2.05, 4.69) is 5.32 Å². The molecule has 0 aliphatic rings. The Morgan fingerprint density at radius 2 is 2.13 bits per heavy atom. The molecule has 1 rings (SSSR count). The third kappa shape index (κ3) is 3.32. The highest BCUT2D eigenvalue weighted by atomic mass is 32.1. The topological polar surface area (TPSA) is 49.3 Å². The Morgan fingerprint density at radius 1 is 1.47 bits per heavy atom. The van der Waals surface area contributed by atoms with Gasteiger partial charge >= 0.3 is 5.97 Å². The van der Waals surface area contributed by atoms with Crippen molar-refractivity contribution in [2.75, 3.05) is 0 Å². The second-order valence-electron chi connectivity index (χ2n) is 3.96. The lowest BCUT2D eigenvalue weighted by molar-refractivity contribution is -0.140. The molecule has 2 N–H and O–H groups in total. The van der Waals surface area contributed by atoms with Crippen molar-refractivity contribution < 1.29 is 9.90 Å². The summed E-state index contributed by atoms with van der Waals surface area (Å²) in [6.45, 7) is 5.81. The van der Waals surface area contributed by atoms with Crippen LogP contribution in [0.3, 0.4) is 0 Å². The number of carboxylic acid groups (broad SMARTS) is 1. The Balaban J connectivity index is 2.63. The number of aliphatic carboxylic acids is 1. The zero-order valence-corrected chi connectivity index (χ0v) is 10.0. The monoisotopic (exact) mass is 227 g/mol. The zero-order chi connectivity index (χ0) is 11.4. The van der Waals surface area contributed by atoms with Gasteiger partial charge in [-0.1, -0.05) is 19.9 Å². The van der Waals surface area contributed by atoms with Crippen LogP contribution in [-0.4, -0.2) is 17.1 Å². The van der Waals surface area contributed by atoms with E-state index in [4.69, 9.17) is 5.11 Å². The van der Waals surface area contributed by atoms with Gasteiger partial charge in [-0.05, 0) is 24.3 Å². The first kappa shape index (κ1) is 12.2. The SMILES string of the molecule is CC(C)C(N[C@@H](C)c1cccs1)C(=O)O. The van der Waals surface area contributed by atoms with Crippen LogP contribution in [0.15, 0.2) is 17.5 Å². The molecule has 0 amide bonds. The Bertz CT molecular complexity index is 308. The summed E-state index contributed by atoms with van der Waals surface area (Å²) in [5.41, 5.74) is 0. The summed E-state index contributed by atoms with van der Waals surface area (Å²) in [5.74, 6) is -0.696. The Morgan fingerprint density at radius 3 is 2.53 bits per heavy atom. The number of hydrogen-bond acceptors (Lipinski definition) is 3. The van der Waals surface area contributed by atoms with Crippen LogP contribution in [0.5, 0.6) is 0 Å². The van der Waals surface area contributed by atoms with Gasteiger partial charge in [0.05, 0.1) is 0 Å². The molecule has 4 heteroatoms. The molecular weight excluding hydrogens is 210 g/mol. The van der Waals surface area contributed by atoms with Gasteiger partial charge in [-0.3, -0.25) is 10.1 Å². The molecule has 0 aliphatic heterocycles. The molecule has 1 aromatic rings. The lowest BCUT2D eigenvalue weighted by atomic mass is 10.0. The molecule has 0 fully saturated rings. The number of rotatable bonds is 5. The number of hydrogen-bond donors (Lipinski definition) is 2. The molecule has 0 aromatic carbocycles. The van der Waals surface area contributed by atoms with Gasteiger partial charge < -0.3 is 5.11 Å². The van der Waals surface area contributed by atoms with Crippen molar-refractivity contribution in [1.82, 2.24) is 5.32 Å². The van der Waals surface area contributed by atoms with E-state index in [9.17, 15) is 4.79 Å². The summed E-state index contributed by atoms with van der Waals surface area (Å²) in [4.78, 5) is 12.2. The van der Waals surface area contributed by atoms with Crippen molar-refractivity contribution in [2.45, 2.75) is 32.9 Å². The highest BCUT2D eigenvalue weighted by Crippen LogP contribution is 2.19. The first-order valence-electron chi connectivity index (χ1n) is 5.04. The number of thiophene rings is 1. The molecule has 1 aromatic heterocycles. The summed E-state index contributed by atoms with van der Waals surface area (Å²) >= 11 is 1.64. The average Bonchev–Trinajstić information content (AvgIpc) is 2.65. The van der Waals surface area contributed by atoms with E-state index >= 15 is 0 Å². The highest BCUT2D eigenvalue weighted by Gasteiger charge is 2.23.